The molecule has 2 saturated heterocycles. The van der Waals surface area contributed by atoms with Crippen LogP contribution in [-0.4, -0.2) is 76.1 Å². The normalized spacial score (nSPS) is 23.5. The molecule has 3 aliphatic rings. The lowest BCUT2D eigenvalue weighted by molar-refractivity contribution is 0.0631. The Balaban J connectivity index is 1.41. The molecule has 1 amide bonds. The van der Waals surface area contributed by atoms with E-state index in [-0.39, 0.29) is 28.5 Å². The number of nitrogens with zero attached hydrogens (tertiary/aromatic N) is 2. The fourth-order valence-electron chi connectivity index (χ4n) is 3.91. The summed E-state index contributed by atoms with van der Waals surface area (Å²) in [5.41, 5.74) is 0.350. The van der Waals surface area contributed by atoms with Crippen LogP contribution in [0.1, 0.15) is 36.0 Å². The fraction of sp³-hybridized carbons (Fsp3) is 0.650. The fourth-order valence-corrected chi connectivity index (χ4v) is 5.50. The van der Waals surface area contributed by atoms with Crippen LogP contribution < -0.4 is 4.72 Å². The lowest BCUT2D eigenvalue weighted by atomic mass is 10.1. The van der Waals surface area contributed by atoms with E-state index >= 15 is 0 Å². The number of piperazine rings is 1. The number of sulfonamides is 1. The number of rotatable bonds is 7. The first kappa shape index (κ1) is 21.1. The summed E-state index contributed by atoms with van der Waals surface area (Å²) in [5.74, 6) is 0.687. The SMILES string of the molecule is O=C(c1ccc(Cl)c(S(=O)(=O)NCC2CCCO2)c1)N1CCN(CC2CC2)CC1. The Bertz CT molecular complexity index is 845. The van der Waals surface area contributed by atoms with Gasteiger partial charge in [-0.25, -0.2) is 13.1 Å². The number of hydrogen-bond acceptors (Lipinski definition) is 5. The quantitative estimate of drug-likeness (QED) is 0.699. The Hall–Kier alpha value is -1.19. The molecule has 1 saturated carbocycles. The third kappa shape index (κ3) is 5.30. The molecule has 1 aromatic rings. The summed E-state index contributed by atoms with van der Waals surface area (Å²) in [6.07, 6.45) is 4.30. The zero-order valence-corrected chi connectivity index (χ0v) is 18.1. The molecule has 1 unspecified atom stereocenters. The van der Waals surface area contributed by atoms with Crippen LogP contribution in [0.5, 0.6) is 0 Å². The predicted octanol–water partition coefficient (Wildman–Crippen LogP) is 1.97. The molecule has 29 heavy (non-hydrogen) atoms. The van der Waals surface area contributed by atoms with Crippen molar-refractivity contribution in [3.63, 3.8) is 0 Å². The second kappa shape index (κ2) is 8.89. The van der Waals surface area contributed by atoms with E-state index < -0.39 is 10.0 Å². The number of amides is 1. The lowest BCUT2D eigenvalue weighted by Gasteiger charge is -2.34. The summed E-state index contributed by atoms with van der Waals surface area (Å²) in [6.45, 7) is 5.04. The van der Waals surface area contributed by atoms with Crippen LogP contribution in [0.4, 0.5) is 0 Å². The predicted molar refractivity (Wildman–Crippen MR) is 111 cm³/mol. The van der Waals surface area contributed by atoms with E-state index in [1.165, 1.54) is 25.0 Å². The first-order chi connectivity index (χ1) is 13.9. The average Bonchev–Trinajstić information content (AvgIpc) is 3.37. The molecule has 7 nitrogen and oxygen atoms in total. The van der Waals surface area contributed by atoms with E-state index in [0.717, 1.165) is 38.4 Å². The number of hydrogen-bond donors (Lipinski definition) is 1. The molecule has 1 aliphatic carbocycles. The standard InChI is InChI=1S/C20H28ClN3O4S/c21-18-6-5-16(12-19(18)29(26,27)22-13-17-2-1-11-28-17)20(25)24-9-7-23(8-10-24)14-15-3-4-15/h5-6,12,15,17,22H,1-4,7-11,13-14H2. The van der Waals surface area contributed by atoms with Crippen molar-refractivity contribution in [2.45, 2.75) is 36.7 Å². The summed E-state index contributed by atoms with van der Waals surface area (Å²) in [7, 11) is -3.82. The van der Waals surface area contributed by atoms with Gasteiger partial charge in [-0.05, 0) is 49.8 Å². The molecule has 1 N–H and O–H groups in total. The second-order valence-corrected chi connectivity index (χ2v) is 10.3. The van der Waals surface area contributed by atoms with Gasteiger partial charge in [0.05, 0.1) is 11.1 Å². The van der Waals surface area contributed by atoms with Crippen molar-refractivity contribution in [1.29, 1.82) is 0 Å². The molecule has 2 heterocycles. The zero-order chi connectivity index (χ0) is 20.4. The molecule has 160 valence electrons. The van der Waals surface area contributed by atoms with Crippen LogP contribution in [0.3, 0.4) is 0 Å². The van der Waals surface area contributed by atoms with Gasteiger partial charge in [-0.1, -0.05) is 11.6 Å². The van der Waals surface area contributed by atoms with Gasteiger partial charge in [-0.15, -0.1) is 0 Å². The molecule has 3 fully saturated rings. The highest BCUT2D eigenvalue weighted by Gasteiger charge is 2.29. The van der Waals surface area contributed by atoms with Gasteiger partial charge in [-0.2, -0.15) is 0 Å². The Labute approximate surface area is 177 Å². The van der Waals surface area contributed by atoms with Gasteiger partial charge in [0.2, 0.25) is 10.0 Å². The zero-order valence-electron chi connectivity index (χ0n) is 16.5. The number of ether oxygens (including phenoxy) is 1. The van der Waals surface area contributed by atoms with Gasteiger partial charge in [0, 0.05) is 51.4 Å². The Morgan fingerprint density at radius 2 is 1.93 bits per heavy atom. The highest BCUT2D eigenvalue weighted by atomic mass is 35.5. The van der Waals surface area contributed by atoms with E-state index in [1.54, 1.807) is 11.0 Å². The highest BCUT2D eigenvalue weighted by molar-refractivity contribution is 7.89. The summed E-state index contributed by atoms with van der Waals surface area (Å²) >= 11 is 6.16. The van der Waals surface area contributed by atoms with E-state index in [1.807, 2.05) is 0 Å². The molecule has 1 aromatic carbocycles. The summed E-state index contributed by atoms with van der Waals surface area (Å²) in [4.78, 5) is 17.1. The van der Waals surface area contributed by atoms with Gasteiger partial charge in [0.1, 0.15) is 4.90 Å². The molecule has 1 atom stereocenters. The van der Waals surface area contributed by atoms with Gasteiger partial charge in [-0.3, -0.25) is 9.69 Å². The van der Waals surface area contributed by atoms with Crippen molar-refractivity contribution in [3.05, 3.63) is 28.8 Å². The Morgan fingerprint density at radius 3 is 2.59 bits per heavy atom. The average molecular weight is 442 g/mol. The highest BCUT2D eigenvalue weighted by Crippen LogP contribution is 2.30. The van der Waals surface area contributed by atoms with Crippen molar-refractivity contribution in [1.82, 2.24) is 14.5 Å². The van der Waals surface area contributed by atoms with Crippen LogP contribution >= 0.6 is 11.6 Å². The van der Waals surface area contributed by atoms with Crippen LogP contribution in [0.25, 0.3) is 0 Å². The number of carbonyl (C=O) groups is 1. The molecular formula is C20H28ClN3O4S. The Kier molecular flexibility index (Phi) is 6.46. The molecule has 0 bridgehead atoms. The maximum atomic E-state index is 12.9. The first-order valence-corrected chi connectivity index (χ1v) is 12.2. The van der Waals surface area contributed by atoms with Gasteiger partial charge in [0.25, 0.3) is 5.91 Å². The third-order valence-corrected chi connectivity index (χ3v) is 7.77. The largest absolute Gasteiger partial charge is 0.377 e. The number of benzene rings is 1. The van der Waals surface area contributed by atoms with E-state index in [9.17, 15) is 13.2 Å². The van der Waals surface area contributed by atoms with E-state index in [2.05, 4.69) is 9.62 Å². The van der Waals surface area contributed by atoms with Gasteiger partial charge >= 0.3 is 0 Å². The van der Waals surface area contributed by atoms with Crippen LogP contribution in [-0.2, 0) is 14.8 Å². The van der Waals surface area contributed by atoms with Crippen molar-refractivity contribution in [2.24, 2.45) is 5.92 Å². The Morgan fingerprint density at radius 1 is 1.17 bits per heavy atom. The summed E-state index contributed by atoms with van der Waals surface area (Å²) in [5, 5.41) is 0.107. The number of halogens is 1. The third-order valence-electron chi connectivity index (χ3n) is 5.87. The minimum Gasteiger partial charge on any atom is -0.377 e. The van der Waals surface area contributed by atoms with E-state index in [0.29, 0.717) is 25.3 Å². The van der Waals surface area contributed by atoms with E-state index in [4.69, 9.17) is 16.3 Å². The van der Waals surface area contributed by atoms with Crippen LogP contribution in [0.2, 0.25) is 5.02 Å². The lowest BCUT2D eigenvalue weighted by Crippen LogP contribution is -2.49. The maximum absolute atomic E-state index is 12.9. The molecule has 9 heteroatoms. The minimum absolute atomic E-state index is 0.0598. The van der Waals surface area contributed by atoms with Gasteiger partial charge in [0.15, 0.2) is 0 Å². The van der Waals surface area contributed by atoms with Crippen molar-refractivity contribution in [3.8, 4) is 0 Å². The maximum Gasteiger partial charge on any atom is 0.253 e. The van der Waals surface area contributed by atoms with Crippen LogP contribution in [0.15, 0.2) is 23.1 Å². The van der Waals surface area contributed by atoms with Gasteiger partial charge < -0.3 is 9.64 Å². The van der Waals surface area contributed by atoms with Crippen LogP contribution in [0, 0.1) is 5.92 Å². The smallest absolute Gasteiger partial charge is 0.253 e. The topological polar surface area (TPSA) is 78.9 Å². The molecule has 0 radical (unpaired) electrons. The minimum atomic E-state index is -3.82. The van der Waals surface area contributed by atoms with Crippen molar-refractivity contribution < 1.29 is 17.9 Å². The number of nitrogens with one attached hydrogen (secondary N) is 1. The monoisotopic (exact) mass is 441 g/mol. The number of carbonyl (C=O) groups excluding carboxylic acids is 1. The molecule has 2 aliphatic heterocycles. The first-order valence-electron chi connectivity index (χ1n) is 10.3. The molecular weight excluding hydrogens is 414 g/mol. The summed E-state index contributed by atoms with van der Waals surface area (Å²) in [6, 6.07) is 4.47. The molecule has 0 aromatic heterocycles. The molecule has 0 spiro atoms. The summed E-state index contributed by atoms with van der Waals surface area (Å²) < 4.78 is 33.5. The second-order valence-electron chi connectivity index (χ2n) is 8.17. The van der Waals surface area contributed by atoms with Crippen molar-refractivity contribution in [2.75, 3.05) is 45.9 Å². The van der Waals surface area contributed by atoms with Crippen molar-refractivity contribution >= 4 is 27.5 Å². The molecule has 4 rings (SSSR count).